The van der Waals surface area contributed by atoms with Crippen LogP contribution in [0.4, 0.5) is 0 Å². The zero-order chi connectivity index (χ0) is 12.4. The van der Waals surface area contributed by atoms with E-state index in [1.165, 1.54) is 6.26 Å². The van der Waals surface area contributed by atoms with Crippen LogP contribution in [-0.2, 0) is 19.4 Å². The lowest BCUT2D eigenvalue weighted by molar-refractivity contribution is -0.143. The van der Waals surface area contributed by atoms with Crippen LogP contribution in [0.25, 0.3) is 0 Å². The predicted octanol–water partition coefficient (Wildman–Crippen LogP) is 0.702. The summed E-state index contributed by atoms with van der Waals surface area (Å²) in [6.45, 7) is 2.87. The Bertz CT molecular complexity index is 287. The molecule has 0 rings (SSSR count). The molecule has 0 aliphatic rings. The number of esters is 1. The van der Waals surface area contributed by atoms with Gasteiger partial charge in [0.2, 0.25) is 0 Å². The summed E-state index contributed by atoms with van der Waals surface area (Å²) in [5.41, 5.74) is 0. The highest BCUT2D eigenvalue weighted by molar-refractivity contribution is 7.90. The molecule has 16 heavy (non-hydrogen) atoms. The van der Waals surface area contributed by atoms with Crippen molar-refractivity contribution in [3.05, 3.63) is 0 Å². The van der Waals surface area contributed by atoms with E-state index >= 15 is 0 Å². The smallest absolute Gasteiger partial charge is 0.305 e. The lowest BCUT2D eigenvalue weighted by Crippen LogP contribution is -2.23. The fraction of sp³-hybridized carbons (Fsp3) is 0.900. The molecule has 1 N–H and O–H groups in total. The quantitative estimate of drug-likeness (QED) is 0.482. The first kappa shape index (κ1) is 15.4. The number of rotatable bonds is 9. The number of unbranched alkanes of at least 4 members (excludes halogenated alkanes) is 2. The number of ether oxygens (including phenoxy) is 1. The van der Waals surface area contributed by atoms with Crippen LogP contribution >= 0.6 is 0 Å². The SMILES string of the molecule is CCOC(=O)CCCCCNCS(C)(=O)=O. The van der Waals surface area contributed by atoms with Crippen molar-refractivity contribution in [1.29, 1.82) is 0 Å². The Hall–Kier alpha value is -0.620. The van der Waals surface area contributed by atoms with Crippen LogP contribution in [0.1, 0.15) is 32.6 Å². The molecule has 0 saturated carbocycles. The molecule has 5 nitrogen and oxygen atoms in total. The third-order valence-corrected chi connectivity index (χ3v) is 2.63. The molecular weight excluding hydrogens is 230 g/mol. The third kappa shape index (κ3) is 11.5. The highest BCUT2D eigenvalue weighted by atomic mass is 32.2. The summed E-state index contributed by atoms with van der Waals surface area (Å²) in [4.78, 5) is 10.9. The Morgan fingerprint density at radius 2 is 1.94 bits per heavy atom. The Kier molecular flexibility index (Phi) is 8.19. The predicted molar refractivity (Wildman–Crippen MR) is 62.8 cm³/mol. The fourth-order valence-corrected chi connectivity index (χ4v) is 1.70. The molecule has 0 atom stereocenters. The summed E-state index contributed by atoms with van der Waals surface area (Å²) in [7, 11) is -2.92. The Morgan fingerprint density at radius 3 is 2.50 bits per heavy atom. The van der Waals surface area contributed by atoms with Crippen LogP contribution in [0.2, 0.25) is 0 Å². The second-order valence-corrected chi connectivity index (χ2v) is 5.83. The van der Waals surface area contributed by atoms with Gasteiger partial charge in [-0.25, -0.2) is 8.42 Å². The topological polar surface area (TPSA) is 72.5 Å². The highest BCUT2D eigenvalue weighted by Gasteiger charge is 2.02. The van der Waals surface area contributed by atoms with Crippen LogP contribution in [-0.4, -0.2) is 39.7 Å². The molecule has 0 aromatic heterocycles. The van der Waals surface area contributed by atoms with E-state index in [9.17, 15) is 13.2 Å². The minimum Gasteiger partial charge on any atom is -0.466 e. The van der Waals surface area contributed by atoms with E-state index in [0.717, 1.165) is 19.3 Å². The first-order chi connectivity index (χ1) is 7.45. The maximum absolute atomic E-state index is 10.9. The van der Waals surface area contributed by atoms with Gasteiger partial charge < -0.3 is 10.1 Å². The van der Waals surface area contributed by atoms with Crippen LogP contribution in [0.15, 0.2) is 0 Å². The monoisotopic (exact) mass is 251 g/mol. The van der Waals surface area contributed by atoms with Gasteiger partial charge in [0.15, 0.2) is 9.84 Å². The van der Waals surface area contributed by atoms with Crippen LogP contribution in [0.5, 0.6) is 0 Å². The first-order valence-corrected chi connectivity index (χ1v) is 7.56. The molecule has 0 spiro atoms. The molecule has 96 valence electrons. The van der Waals surface area contributed by atoms with Crippen molar-refractivity contribution in [1.82, 2.24) is 5.32 Å². The van der Waals surface area contributed by atoms with Crippen LogP contribution in [0, 0.1) is 0 Å². The first-order valence-electron chi connectivity index (χ1n) is 5.49. The molecule has 6 heteroatoms. The Balaban J connectivity index is 3.25. The van der Waals surface area contributed by atoms with E-state index in [1.807, 2.05) is 0 Å². The van der Waals surface area contributed by atoms with Crippen molar-refractivity contribution >= 4 is 15.8 Å². The minimum atomic E-state index is -2.92. The molecule has 0 amide bonds. The van der Waals surface area contributed by atoms with Crippen molar-refractivity contribution in [2.45, 2.75) is 32.6 Å². The fourth-order valence-electron chi connectivity index (χ4n) is 1.19. The molecule has 0 aliphatic heterocycles. The number of hydrogen-bond donors (Lipinski definition) is 1. The second kappa shape index (κ2) is 8.52. The highest BCUT2D eigenvalue weighted by Crippen LogP contribution is 2.00. The zero-order valence-electron chi connectivity index (χ0n) is 9.99. The van der Waals surface area contributed by atoms with Gasteiger partial charge in [0.05, 0.1) is 12.5 Å². The second-order valence-electron chi connectivity index (χ2n) is 3.69. The summed E-state index contributed by atoms with van der Waals surface area (Å²) < 4.78 is 26.3. The summed E-state index contributed by atoms with van der Waals surface area (Å²) >= 11 is 0. The molecule has 0 bridgehead atoms. The van der Waals surface area contributed by atoms with Gasteiger partial charge in [-0.05, 0) is 26.3 Å². The third-order valence-electron chi connectivity index (χ3n) is 1.90. The number of sulfone groups is 1. The van der Waals surface area contributed by atoms with Crippen molar-refractivity contribution in [2.75, 3.05) is 25.3 Å². The van der Waals surface area contributed by atoms with Gasteiger partial charge in [-0.2, -0.15) is 0 Å². The van der Waals surface area contributed by atoms with Crippen molar-refractivity contribution < 1.29 is 17.9 Å². The largest absolute Gasteiger partial charge is 0.466 e. The summed E-state index contributed by atoms with van der Waals surface area (Å²) in [5.74, 6) is -0.142. The molecule has 0 aromatic rings. The molecule has 0 unspecified atom stereocenters. The lowest BCUT2D eigenvalue weighted by atomic mass is 10.2. The molecule has 0 aromatic carbocycles. The summed E-state index contributed by atoms with van der Waals surface area (Å²) in [5, 5.41) is 2.83. The van der Waals surface area contributed by atoms with E-state index in [2.05, 4.69) is 5.32 Å². The number of nitrogens with one attached hydrogen (secondary N) is 1. The van der Waals surface area contributed by atoms with E-state index in [4.69, 9.17) is 4.74 Å². The number of hydrogen-bond acceptors (Lipinski definition) is 5. The normalized spacial score (nSPS) is 11.4. The van der Waals surface area contributed by atoms with Crippen molar-refractivity contribution in [2.24, 2.45) is 0 Å². The van der Waals surface area contributed by atoms with Gasteiger partial charge >= 0.3 is 5.97 Å². The van der Waals surface area contributed by atoms with E-state index in [0.29, 0.717) is 19.6 Å². The van der Waals surface area contributed by atoms with Gasteiger partial charge in [0.1, 0.15) is 0 Å². The zero-order valence-corrected chi connectivity index (χ0v) is 10.8. The maximum atomic E-state index is 10.9. The van der Waals surface area contributed by atoms with Crippen LogP contribution in [0.3, 0.4) is 0 Å². The molecule has 0 saturated heterocycles. The van der Waals surface area contributed by atoms with E-state index < -0.39 is 9.84 Å². The Morgan fingerprint density at radius 1 is 1.25 bits per heavy atom. The molecular formula is C10H21NO4S. The van der Waals surface area contributed by atoms with Gasteiger partial charge in [0.25, 0.3) is 0 Å². The Labute approximate surface area is 97.5 Å². The number of carbonyl (C=O) groups is 1. The lowest BCUT2D eigenvalue weighted by Gasteiger charge is -2.03. The van der Waals surface area contributed by atoms with Gasteiger partial charge in [0, 0.05) is 12.7 Å². The van der Waals surface area contributed by atoms with E-state index in [-0.39, 0.29) is 11.8 Å². The average Bonchev–Trinajstić information content (AvgIpc) is 2.15. The minimum absolute atomic E-state index is 0.0187. The summed E-state index contributed by atoms with van der Waals surface area (Å²) in [6, 6.07) is 0. The molecule has 0 heterocycles. The summed E-state index contributed by atoms with van der Waals surface area (Å²) in [6.07, 6.45) is 4.20. The van der Waals surface area contributed by atoms with Gasteiger partial charge in [-0.15, -0.1) is 0 Å². The maximum Gasteiger partial charge on any atom is 0.305 e. The number of carbonyl (C=O) groups excluding carboxylic acids is 1. The van der Waals surface area contributed by atoms with Gasteiger partial charge in [-0.1, -0.05) is 6.42 Å². The van der Waals surface area contributed by atoms with Crippen molar-refractivity contribution in [3.8, 4) is 0 Å². The molecule has 0 aliphatic carbocycles. The van der Waals surface area contributed by atoms with Crippen molar-refractivity contribution in [3.63, 3.8) is 0 Å². The molecule has 0 fully saturated rings. The van der Waals surface area contributed by atoms with Crippen LogP contribution < -0.4 is 5.32 Å². The van der Waals surface area contributed by atoms with E-state index in [1.54, 1.807) is 6.92 Å². The average molecular weight is 251 g/mol. The standard InChI is InChI=1S/C10H21NO4S/c1-3-15-10(12)7-5-4-6-8-11-9-16(2,13)14/h11H,3-9H2,1-2H3. The molecule has 0 radical (unpaired) electrons. The van der Waals surface area contributed by atoms with Gasteiger partial charge in [-0.3, -0.25) is 4.79 Å².